The summed E-state index contributed by atoms with van der Waals surface area (Å²) in [6, 6.07) is 19.7. The number of methoxy groups -OCH3 is 2. The lowest BCUT2D eigenvalue weighted by Crippen LogP contribution is -2.39. The summed E-state index contributed by atoms with van der Waals surface area (Å²) in [5.74, 6) is 0.780. The molecule has 0 aliphatic rings. The van der Waals surface area contributed by atoms with Gasteiger partial charge in [0.2, 0.25) is 0 Å². The Hall–Kier alpha value is -4.05. The quantitative estimate of drug-likeness (QED) is 0.321. The number of ether oxygens (including phenoxy) is 3. The zero-order valence-corrected chi connectivity index (χ0v) is 20.5. The number of hydrogen-bond donors (Lipinski definition) is 1. The summed E-state index contributed by atoms with van der Waals surface area (Å²) in [7, 11) is -1.02. The van der Waals surface area contributed by atoms with Gasteiger partial charge in [0, 0.05) is 0 Å². The maximum Gasteiger partial charge on any atom is 0.264 e. The number of nitrogens with zero attached hydrogens (tertiary/aromatic N) is 2. The fourth-order valence-corrected chi connectivity index (χ4v) is 4.69. The first kappa shape index (κ1) is 25.6. The van der Waals surface area contributed by atoms with Gasteiger partial charge in [-0.3, -0.25) is 9.10 Å². The van der Waals surface area contributed by atoms with Crippen LogP contribution in [0.3, 0.4) is 0 Å². The van der Waals surface area contributed by atoms with Crippen LogP contribution in [-0.2, 0) is 14.8 Å². The molecule has 9 nitrogen and oxygen atoms in total. The van der Waals surface area contributed by atoms with Gasteiger partial charge in [0.25, 0.3) is 15.9 Å². The number of rotatable bonds is 11. The molecular formula is C25H27N3O6S. The van der Waals surface area contributed by atoms with E-state index in [1.807, 2.05) is 0 Å². The molecule has 0 aromatic heterocycles. The lowest BCUT2D eigenvalue weighted by Gasteiger charge is -2.25. The van der Waals surface area contributed by atoms with E-state index >= 15 is 0 Å². The van der Waals surface area contributed by atoms with Crippen molar-refractivity contribution in [3.63, 3.8) is 0 Å². The van der Waals surface area contributed by atoms with Crippen molar-refractivity contribution in [2.45, 2.75) is 11.8 Å². The molecule has 0 aliphatic heterocycles. The molecule has 10 heteroatoms. The zero-order chi connectivity index (χ0) is 25.3. The third kappa shape index (κ3) is 6.30. The number of nitrogens with one attached hydrogen (secondary N) is 1. The van der Waals surface area contributed by atoms with Crippen LogP contribution in [0.25, 0.3) is 0 Å². The average molecular weight is 498 g/mol. The zero-order valence-electron chi connectivity index (χ0n) is 19.7. The van der Waals surface area contributed by atoms with Gasteiger partial charge in [-0.2, -0.15) is 5.10 Å². The molecule has 0 atom stereocenters. The molecular weight excluding hydrogens is 470 g/mol. The topological polar surface area (TPSA) is 107 Å². The number of amides is 1. The lowest BCUT2D eigenvalue weighted by atomic mass is 10.2. The Balaban J connectivity index is 1.86. The first-order valence-electron chi connectivity index (χ1n) is 10.7. The van der Waals surface area contributed by atoms with Gasteiger partial charge >= 0.3 is 0 Å². The average Bonchev–Trinajstić information content (AvgIpc) is 2.88. The molecule has 1 N–H and O–H groups in total. The number of carbonyl (C=O) groups excluding carboxylic acids is 1. The van der Waals surface area contributed by atoms with Crippen molar-refractivity contribution in [1.82, 2.24) is 5.43 Å². The summed E-state index contributed by atoms with van der Waals surface area (Å²) in [6.45, 7) is 1.62. The van der Waals surface area contributed by atoms with Gasteiger partial charge in [0.05, 0.1) is 37.6 Å². The van der Waals surface area contributed by atoms with Crippen LogP contribution in [0.15, 0.2) is 82.8 Å². The summed E-state index contributed by atoms with van der Waals surface area (Å²) in [6.07, 6.45) is 1.42. The van der Waals surface area contributed by atoms with Crippen molar-refractivity contribution in [1.29, 1.82) is 0 Å². The van der Waals surface area contributed by atoms with Crippen molar-refractivity contribution < 1.29 is 27.4 Å². The number of carbonyl (C=O) groups is 1. The molecule has 0 radical (unpaired) electrons. The standard InChI is InChI=1S/C25H27N3O6S/c1-4-34-22-13-9-8-12-21(22)28(35(30,31)20-10-6-5-7-11-20)18-25(29)27-26-17-19-14-15-23(32-2)24(16-19)33-3/h5-17H,4,18H2,1-3H3,(H,27,29)/b26-17-. The van der Waals surface area contributed by atoms with Crippen LogP contribution < -0.4 is 23.9 Å². The van der Waals surface area contributed by atoms with E-state index in [9.17, 15) is 13.2 Å². The fourth-order valence-electron chi connectivity index (χ4n) is 3.24. The van der Waals surface area contributed by atoms with Gasteiger partial charge in [0.1, 0.15) is 12.3 Å². The van der Waals surface area contributed by atoms with Crippen LogP contribution in [0.2, 0.25) is 0 Å². The van der Waals surface area contributed by atoms with E-state index in [1.165, 1.54) is 32.6 Å². The summed E-state index contributed by atoms with van der Waals surface area (Å²) in [5.41, 5.74) is 3.28. The predicted octanol–water partition coefficient (Wildman–Crippen LogP) is 3.45. The van der Waals surface area contributed by atoms with Crippen LogP contribution in [0.5, 0.6) is 17.2 Å². The largest absolute Gasteiger partial charge is 0.493 e. The van der Waals surface area contributed by atoms with Crippen molar-refractivity contribution in [2.75, 3.05) is 31.7 Å². The normalized spacial score (nSPS) is 11.2. The Labute approximate surface area is 205 Å². The maximum atomic E-state index is 13.5. The highest BCUT2D eigenvalue weighted by atomic mass is 32.2. The molecule has 0 bridgehead atoms. The molecule has 35 heavy (non-hydrogen) atoms. The van der Waals surface area contributed by atoms with Gasteiger partial charge in [-0.05, 0) is 55.0 Å². The van der Waals surface area contributed by atoms with Crippen LogP contribution in [0.4, 0.5) is 5.69 Å². The molecule has 0 aliphatic carbocycles. The summed E-state index contributed by atoms with van der Waals surface area (Å²) in [4.78, 5) is 12.8. The van der Waals surface area contributed by atoms with Crippen molar-refractivity contribution in [2.24, 2.45) is 5.10 Å². The monoisotopic (exact) mass is 497 g/mol. The smallest absolute Gasteiger partial charge is 0.264 e. The Morgan fingerprint density at radius 1 is 0.943 bits per heavy atom. The van der Waals surface area contributed by atoms with E-state index in [4.69, 9.17) is 14.2 Å². The number of hydrazone groups is 1. The number of sulfonamides is 1. The highest BCUT2D eigenvalue weighted by Gasteiger charge is 2.29. The number of para-hydroxylation sites is 2. The first-order valence-corrected chi connectivity index (χ1v) is 12.2. The summed E-state index contributed by atoms with van der Waals surface area (Å²) >= 11 is 0. The molecule has 1 amide bonds. The van der Waals surface area contributed by atoms with E-state index in [0.717, 1.165) is 4.31 Å². The molecule has 0 heterocycles. The highest BCUT2D eigenvalue weighted by molar-refractivity contribution is 7.92. The SMILES string of the molecule is CCOc1ccccc1N(CC(=O)N/N=C\c1ccc(OC)c(OC)c1)S(=O)(=O)c1ccccc1. The molecule has 3 rings (SSSR count). The van der Waals surface area contributed by atoms with Crippen LogP contribution in [0, 0.1) is 0 Å². The van der Waals surface area contributed by atoms with Crippen LogP contribution >= 0.6 is 0 Å². The molecule has 3 aromatic carbocycles. The minimum Gasteiger partial charge on any atom is -0.493 e. The Morgan fingerprint density at radius 2 is 1.63 bits per heavy atom. The van der Waals surface area contributed by atoms with E-state index in [-0.39, 0.29) is 10.6 Å². The van der Waals surface area contributed by atoms with Gasteiger partial charge in [-0.15, -0.1) is 0 Å². The van der Waals surface area contributed by atoms with Crippen LogP contribution in [0.1, 0.15) is 12.5 Å². The minimum absolute atomic E-state index is 0.0490. The molecule has 184 valence electrons. The van der Waals surface area contributed by atoms with Gasteiger partial charge < -0.3 is 14.2 Å². The number of benzene rings is 3. The molecule has 0 saturated heterocycles. The van der Waals surface area contributed by atoms with Crippen molar-refractivity contribution in [3.05, 3.63) is 78.4 Å². The Kier molecular flexibility index (Phi) is 8.69. The number of hydrogen-bond acceptors (Lipinski definition) is 7. The molecule has 0 saturated carbocycles. The molecule has 0 unspecified atom stereocenters. The lowest BCUT2D eigenvalue weighted by molar-refractivity contribution is -0.119. The first-order chi connectivity index (χ1) is 16.9. The molecule has 3 aromatic rings. The highest BCUT2D eigenvalue weighted by Crippen LogP contribution is 2.32. The molecule has 0 spiro atoms. The van der Waals surface area contributed by atoms with E-state index < -0.39 is 22.5 Å². The predicted molar refractivity (Wildman–Crippen MR) is 134 cm³/mol. The van der Waals surface area contributed by atoms with E-state index in [1.54, 1.807) is 67.6 Å². The third-order valence-corrected chi connectivity index (χ3v) is 6.64. The van der Waals surface area contributed by atoms with Gasteiger partial charge in [0.15, 0.2) is 11.5 Å². The third-order valence-electron chi connectivity index (χ3n) is 4.86. The molecule has 0 fully saturated rings. The van der Waals surface area contributed by atoms with Crippen molar-refractivity contribution >= 4 is 27.8 Å². The number of anilines is 1. The van der Waals surface area contributed by atoms with Crippen molar-refractivity contribution in [3.8, 4) is 17.2 Å². The van der Waals surface area contributed by atoms with E-state index in [0.29, 0.717) is 29.4 Å². The summed E-state index contributed by atoms with van der Waals surface area (Å²) in [5, 5.41) is 3.96. The maximum absolute atomic E-state index is 13.5. The Morgan fingerprint density at radius 3 is 2.31 bits per heavy atom. The summed E-state index contributed by atoms with van der Waals surface area (Å²) < 4.78 is 44.0. The second-order valence-electron chi connectivity index (χ2n) is 7.13. The second kappa shape index (κ2) is 11.9. The van der Waals surface area contributed by atoms with Crippen LogP contribution in [-0.4, -0.2) is 47.9 Å². The Bertz CT molecular complexity index is 1280. The van der Waals surface area contributed by atoms with Gasteiger partial charge in [-0.1, -0.05) is 30.3 Å². The second-order valence-corrected chi connectivity index (χ2v) is 9.00. The van der Waals surface area contributed by atoms with E-state index in [2.05, 4.69) is 10.5 Å². The fraction of sp³-hybridized carbons (Fsp3) is 0.200. The van der Waals surface area contributed by atoms with Gasteiger partial charge in [-0.25, -0.2) is 13.8 Å². The minimum atomic E-state index is -4.07.